The molecular formula is C13H12O2. The quantitative estimate of drug-likeness (QED) is 0.773. The normalized spacial score (nSPS) is 10.4. The molecule has 15 heavy (non-hydrogen) atoms. The summed E-state index contributed by atoms with van der Waals surface area (Å²) in [5.41, 5.74) is 0.834. The number of phenolic OH excluding ortho intramolecular Hbond substituents is 1. The molecule has 0 fully saturated rings. The summed E-state index contributed by atoms with van der Waals surface area (Å²) in [5.74, 6) is 0.274. The molecule has 2 heteroatoms. The Hall–Kier alpha value is -1.83. The van der Waals surface area contributed by atoms with E-state index in [9.17, 15) is 9.90 Å². The van der Waals surface area contributed by atoms with Gasteiger partial charge in [0.1, 0.15) is 12.0 Å². The van der Waals surface area contributed by atoms with Gasteiger partial charge in [-0.05, 0) is 34.9 Å². The summed E-state index contributed by atoms with van der Waals surface area (Å²) < 4.78 is 0. The molecule has 2 nitrogen and oxygen atoms in total. The summed E-state index contributed by atoms with van der Waals surface area (Å²) in [6, 6.07) is 11.5. The number of carbonyl (C=O) groups excluding carboxylic acids is 1. The maximum atomic E-state index is 10.3. The van der Waals surface area contributed by atoms with Crippen LogP contribution in [0.4, 0.5) is 0 Å². The number of benzene rings is 2. The molecular weight excluding hydrogens is 188 g/mol. The third-order valence-corrected chi connectivity index (χ3v) is 2.48. The molecule has 0 aromatic heterocycles. The van der Waals surface area contributed by atoms with Crippen LogP contribution in [0.2, 0.25) is 0 Å². The van der Waals surface area contributed by atoms with Crippen LogP contribution in [-0.4, -0.2) is 11.4 Å². The number of carbonyl (C=O) groups is 1. The van der Waals surface area contributed by atoms with E-state index < -0.39 is 0 Å². The molecule has 2 aromatic carbocycles. The maximum Gasteiger partial charge on any atom is 0.120 e. The zero-order chi connectivity index (χ0) is 10.7. The first-order valence-electron chi connectivity index (χ1n) is 4.95. The van der Waals surface area contributed by atoms with Gasteiger partial charge in [-0.25, -0.2) is 0 Å². The smallest absolute Gasteiger partial charge is 0.120 e. The van der Waals surface area contributed by atoms with E-state index in [-0.39, 0.29) is 5.75 Å². The van der Waals surface area contributed by atoms with Gasteiger partial charge in [0.2, 0.25) is 0 Å². The number of rotatable bonds is 3. The molecule has 2 rings (SSSR count). The van der Waals surface area contributed by atoms with Crippen molar-refractivity contribution < 1.29 is 9.90 Å². The van der Waals surface area contributed by atoms with E-state index in [2.05, 4.69) is 0 Å². The second kappa shape index (κ2) is 4.13. The van der Waals surface area contributed by atoms with Crippen LogP contribution in [-0.2, 0) is 11.2 Å². The van der Waals surface area contributed by atoms with Crippen LogP contribution in [0.3, 0.4) is 0 Å². The second-order valence-electron chi connectivity index (χ2n) is 3.53. The van der Waals surface area contributed by atoms with Crippen LogP contribution >= 0.6 is 0 Å². The summed E-state index contributed by atoms with van der Waals surface area (Å²) in [5, 5.41) is 11.8. The number of fused-ring (bicyclic) bond motifs is 1. The molecule has 0 bridgehead atoms. The Labute approximate surface area is 88.2 Å². The molecule has 0 saturated heterocycles. The van der Waals surface area contributed by atoms with Gasteiger partial charge in [-0.1, -0.05) is 24.3 Å². The predicted molar refractivity (Wildman–Crippen MR) is 60.0 cm³/mol. The molecule has 0 aliphatic carbocycles. The highest BCUT2D eigenvalue weighted by molar-refractivity contribution is 5.84. The van der Waals surface area contributed by atoms with Gasteiger partial charge < -0.3 is 9.90 Å². The number of hydrogen-bond donors (Lipinski definition) is 1. The van der Waals surface area contributed by atoms with Crippen LogP contribution < -0.4 is 0 Å². The van der Waals surface area contributed by atoms with Crippen molar-refractivity contribution in [1.82, 2.24) is 0 Å². The Bertz CT molecular complexity index is 489. The Morgan fingerprint density at radius 1 is 1.13 bits per heavy atom. The summed E-state index contributed by atoms with van der Waals surface area (Å²) in [6.07, 6.45) is 1.92. The third kappa shape index (κ3) is 1.99. The SMILES string of the molecule is O=CCCc1cc2ccccc2cc1O. The Kier molecular flexibility index (Phi) is 2.68. The fourth-order valence-electron chi connectivity index (χ4n) is 1.69. The fourth-order valence-corrected chi connectivity index (χ4v) is 1.69. The lowest BCUT2D eigenvalue weighted by Crippen LogP contribution is -1.87. The lowest BCUT2D eigenvalue weighted by molar-refractivity contribution is -0.107. The first kappa shape index (κ1) is 9.71. The van der Waals surface area contributed by atoms with Crippen LogP contribution in [0.25, 0.3) is 10.8 Å². The predicted octanol–water partition coefficient (Wildman–Crippen LogP) is 2.68. The maximum absolute atomic E-state index is 10.3. The third-order valence-electron chi connectivity index (χ3n) is 2.48. The molecule has 0 unspecified atom stereocenters. The average Bonchev–Trinajstić information content (AvgIpc) is 2.26. The molecule has 0 amide bonds. The highest BCUT2D eigenvalue weighted by Crippen LogP contribution is 2.25. The van der Waals surface area contributed by atoms with Crippen LogP contribution in [0.15, 0.2) is 36.4 Å². The van der Waals surface area contributed by atoms with Crippen molar-refractivity contribution in [2.24, 2.45) is 0 Å². The second-order valence-corrected chi connectivity index (χ2v) is 3.53. The minimum absolute atomic E-state index is 0.274. The van der Waals surface area contributed by atoms with Gasteiger partial charge in [0, 0.05) is 6.42 Å². The highest BCUT2D eigenvalue weighted by Gasteiger charge is 2.02. The minimum Gasteiger partial charge on any atom is -0.508 e. The van der Waals surface area contributed by atoms with E-state index in [1.54, 1.807) is 6.07 Å². The zero-order valence-corrected chi connectivity index (χ0v) is 8.31. The molecule has 0 radical (unpaired) electrons. The van der Waals surface area contributed by atoms with Gasteiger partial charge in [0.05, 0.1) is 0 Å². The summed E-state index contributed by atoms with van der Waals surface area (Å²) in [6.45, 7) is 0. The van der Waals surface area contributed by atoms with Crippen LogP contribution in [0.1, 0.15) is 12.0 Å². The molecule has 1 N–H and O–H groups in total. The molecule has 2 aromatic rings. The first-order chi connectivity index (χ1) is 7.31. The van der Waals surface area contributed by atoms with E-state index in [1.165, 1.54) is 0 Å². The Morgan fingerprint density at radius 3 is 2.47 bits per heavy atom. The van der Waals surface area contributed by atoms with Crippen LogP contribution in [0, 0.1) is 0 Å². The van der Waals surface area contributed by atoms with E-state index in [0.29, 0.717) is 12.8 Å². The molecule has 0 heterocycles. The fraction of sp³-hybridized carbons (Fsp3) is 0.154. The topological polar surface area (TPSA) is 37.3 Å². The molecule has 0 aliphatic rings. The molecule has 0 atom stereocenters. The van der Waals surface area contributed by atoms with E-state index in [4.69, 9.17) is 0 Å². The summed E-state index contributed by atoms with van der Waals surface area (Å²) >= 11 is 0. The number of aromatic hydroxyl groups is 1. The van der Waals surface area contributed by atoms with E-state index in [0.717, 1.165) is 22.6 Å². The van der Waals surface area contributed by atoms with Crippen molar-refractivity contribution in [1.29, 1.82) is 0 Å². The molecule has 0 aliphatic heterocycles. The van der Waals surface area contributed by atoms with Gasteiger partial charge in [-0.3, -0.25) is 0 Å². The first-order valence-corrected chi connectivity index (χ1v) is 4.95. The average molecular weight is 200 g/mol. The molecule has 0 spiro atoms. The van der Waals surface area contributed by atoms with Crippen molar-refractivity contribution in [3.63, 3.8) is 0 Å². The van der Waals surface area contributed by atoms with Crippen molar-refractivity contribution in [3.8, 4) is 5.75 Å². The van der Waals surface area contributed by atoms with Crippen molar-refractivity contribution in [3.05, 3.63) is 42.0 Å². The minimum atomic E-state index is 0.274. The van der Waals surface area contributed by atoms with Crippen molar-refractivity contribution in [2.45, 2.75) is 12.8 Å². The van der Waals surface area contributed by atoms with Gasteiger partial charge in [-0.2, -0.15) is 0 Å². The van der Waals surface area contributed by atoms with Crippen molar-refractivity contribution in [2.75, 3.05) is 0 Å². The lowest BCUT2D eigenvalue weighted by atomic mass is 10.0. The van der Waals surface area contributed by atoms with Gasteiger partial charge in [0.15, 0.2) is 0 Å². The number of aryl methyl sites for hydroxylation is 1. The summed E-state index contributed by atoms with van der Waals surface area (Å²) in [4.78, 5) is 10.3. The standard InChI is InChI=1S/C13H12O2/c14-7-3-6-12-8-10-4-1-2-5-11(10)9-13(12)15/h1-2,4-5,7-9,15H,3,6H2. The van der Waals surface area contributed by atoms with Crippen LogP contribution in [0.5, 0.6) is 5.75 Å². The van der Waals surface area contributed by atoms with Crippen molar-refractivity contribution >= 4 is 17.1 Å². The highest BCUT2D eigenvalue weighted by atomic mass is 16.3. The summed E-state index contributed by atoms with van der Waals surface area (Å²) in [7, 11) is 0. The van der Waals surface area contributed by atoms with Gasteiger partial charge >= 0.3 is 0 Å². The zero-order valence-electron chi connectivity index (χ0n) is 8.31. The van der Waals surface area contributed by atoms with E-state index >= 15 is 0 Å². The Balaban J connectivity index is 2.47. The van der Waals surface area contributed by atoms with Gasteiger partial charge in [-0.15, -0.1) is 0 Å². The largest absolute Gasteiger partial charge is 0.508 e. The lowest BCUT2D eigenvalue weighted by Gasteiger charge is -2.05. The van der Waals surface area contributed by atoms with E-state index in [1.807, 2.05) is 30.3 Å². The van der Waals surface area contributed by atoms with Gasteiger partial charge in [0.25, 0.3) is 0 Å². The molecule has 76 valence electrons. The number of hydrogen-bond acceptors (Lipinski definition) is 2. The number of phenols is 1. The number of aldehydes is 1. The monoisotopic (exact) mass is 200 g/mol. The Morgan fingerprint density at radius 2 is 1.80 bits per heavy atom. The molecule has 0 saturated carbocycles.